The fourth-order valence-electron chi connectivity index (χ4n) is 1.85. The van der Waals surface area contributed by atoms with Crippen LogP contribution in [0.5, 0.6) is 0 Å². The van der Waals surface area contributed by atoms with Crippen molar-refractivity contribution in [3.63, 3.8) is 0 Å². The van der Waals surface area contributed by atoms with E-state index in [0.717, 1.165) is 11.3 Å². The number of nitrogens with zero attached hydrogens (tertiary/aromatic N) is 1. The van der Waals surface area contributed by atoms with Gasteiger partial charge in [-0.2, -0.15) is 0 Å². The summed E-state index contributed by atoms with van der Waals surface area (Å²) in [6.45, 7) is 3.77. The highest BCUT2D eigenvalue weighted by atomic mass is 32.1. The molecule has 1 heterocycles. The Morgan fingerprint density at radius 3 is 2.74 bits per heavy atom. The van der Waals surface area contributed by atoms with Crippen LogP contribution in [0.4, 0.5) is 5.69 Å². The molecule has 0 spiro atoms. The Hall–Kier alpha value is -1.88. The standard InChI is InChI=1S/C14H16N2O2S/c1-10-6-4-5-7-11(10)16-14(2,13(17)18-3)12-15-8-9-19-12/h4-9,16H,1-3H3. The molecule has 0 radical (unpaired) electrons. The third-order valence-corrected chi connectivity index (χ3v) is 3.98. The summed E-state index contributed by atoms with van der Waals surface area (Å²) < 4.78 is 4.92. The normalized spacial score (nSPS) is 13.6. The maximum atomic E-state index is 12.1. The molecule has 0 amide bonds. The van der Waals surface area contributed by atoms with Crippen molar-refractivity contribution in [1.29, 1.82) is 0 Å². The SMILES string of the molecule is COC(=O)C(C)(Nc1ccccc1C)c1nccs1. The summed E-state index contributed by atoms with van der Waals surface area (Å²) in [5.74, 6) is -0.356. The van der Waals surface area contributed by atoms with Crippen LogP contribution in [-0.4, -0.2) is 18.1 Å². The van der Waals surface area contributed by atoms with Crippen molar-refractivity contribution in [2.75, 3.05) is 12.4 Å². The molecule has 1 aromatic heterocycles. The van der Waals surface area contributed by atoms with Crippen molar-refractivity contribution in [3.05, 3.63) is 46.4 Å². The lowest BCUT2D eigenvalue weighted by Gasteiger charge is -2.27. The first kappa shape index (κ1) is 13.5. The van der Waals surface area contributed by atoms with Gasteiger partial charge in [0.05, 0.1) is 7.11 Å². The van der Waals surface area contributed by atoms with Crippen molar-refractivity contribution in [1.82, 2.24) is 4.98 Å². The van der Waals surface area contributed by atoms with Crippen LogP contribution in [0.25, 0.3) is 0 Å². The van der Waals surface area contributed by atoms with E-state index in [1.807, 2.05) is 36.6 Å². The van der Waals surface area contributed by atoms with Gasteiger partial charge in [0.2, 0.25) is 0 Å². The average Bonchev–Trinajstić information content (AvgIpc) is 2.95. The van der Waals surface area contributed by atoms with Crippen molar-refractivity contribution in [2.24, 2.45) is 0 Å². The molecule has 0 saturated carbocycles. The Labute approximate surface area is 116 Å². The summed E-state index contributed by atoms with van der Waals surface area (Å²) in [6.07, 6.45) is 1.68. The maximum absolute atomic E-state index is 12.1. The minimum atomic E-state index is -0.977. The van der Waals surface area contributed by atoms with E-state index in [1.54, 1.807) is 13.1 Å². The zero-order valence-electron chi connectivity index (χ0n) is 11.1. The van der Waals surface area contributed by atoms with Crippen LogP contribution >= 0.6 is 11.3 Å². The molecule has 0 aliphatic heterocycles. The molecular weight excluding hydrogens is 260 g/mol. The summed E-state index contributed by atoms with van der Waals surface area (Å²) in [7, 11) is 1.38. The van der Waals surface area contributed by atoms with Gasteiger partial charge in [0.25, 0.3) is 0 Å². The molecular formula is C14H16N2O2S. The van der Waals surface area contributed by atoms with Gasteiger partial charge in [-0.1, -0.05) is 18.2 Å². The molecule has 4 nitrogen and oxygen atoms in total. The number of carbonyl (C=O) groups excluding carboxylic acids is 1. The van der Waals surface area contributed by atoms with E-state index in [1.165, 1.54) is 18.4 Å². The number of nitrogens with one attached hydrogen (secondary N) is 1. The number of hydrogen-bond acceptors (Lipinski definition) is 5. The molecule has 1 atom stereocenters. The quantitative estimate of drug-likeness (QED) is 0.872. The number of carbonyl (C=O) groups is 1. The lowest BCUT2D eigenvalue weighted by molar-refractivity contribution is -0.145. The van der Waals surface area contributed by atoms with Gasteiger partial charge in [-0.15, -0.1) is 11.3 Å². The van der Waals surface area contributed by atoms with Gasteiger partial charge < -0.3 is 10.1 Å². The van der Waals surface area contributed by atoms with E-state index < -0.39 is 5.54 Å². The number of anilines is 1. The number of aryl methyl sites for hydroxylation is 1. The number of methoxy groups -OCH3 is 1. The molecule has 0 fully saturated rings. The Morgan fingerprint density at radius 2 is 2.16 bits per heavy atom. The highest BCUT2D eigenvalue weighted by molar-refractivity contribution is 7.09. The molecule has 0 aliphatic carbocycles. The molecule has 100 valence electrons. The fourth-order valence-corrected chi connectivity index (χ4v) is 2.59. The predicted molar refractivity (Wildman–Crippen MR) is 76.3 cm³/mol. The summed E-state index contributed by atoms with van der Waals surface area (Å²) in [5, 5.41) is 5.78. The van der Waals surface area contributed by atoms with Gasteiger partial charge in [-0.05, 0) is 25.5 Å². The van der Waals surface area contributed by atoms with Crippen LogP contribution in [0.2, 0.25) is 0 Å². The minimum absolute atomic E-state index is 0.356. The summed E-state index contributed by atoms with van der Waals surface area (Å²) in [6, 6.07) is 7.81. The third kappa shape index (κ3) is 2.61. The summed E-state index contributed by atoms with van der Waals surface area (Å²) in [4.78, 5) is 16.4. The van der Waals surface area contributed by atoms with Gasteiger partial charge in [0, 0.05) is 17.3 Å². The second-order valence-electron chi connectivity index (χ2n) is 4.39. The molecule has 19 heavy (non-hydrogen) atoms. The largest absolute Gasteiger partial charge is 0.467 e. The van der Waals surface area contributed by atoms with Crippen molar-refractivity contribution < 1.29 is 9.53 Å². The molecule has 5 heteroatoms. The monoisotopic (exact) mass is 276 g/mol. The molecule has 1 N–H and O–H groups in total. The van der Waals surface area contributed by atoms with Crippen molar-refractivity contribution in [3.8, 4) is 0 Å². The van der Waals surface area contributed by atoms with Crippen LogP contribution < -0.4 is 5.32 Å². The number of benzene rings is 1. The number of ether oxygens (including phenoxy) is 1. The first-order valence-corrected chi connectivity index (χ1v) is 6.78. The number of rotatable bonds is 4. The molecule has 0 aliphatic rings. The van der Waals surface area contributed by atoms with Gasteiger partial charge in [-0.25, -0.2) is 9.78 Å². The zero-order valence-corrected chi connectivity index (χ0v) is 12.0. The van der Waals surface area contributed by atoms with E-state index in [4.69, 9.17) is 4.74 Å². The van der Waals surface area contributed by atoms with Crippen molar-refractivity contribution in [2.45, 2.75) is 19.4 Å². The predicted octanol–water partition coefficient (Wildman–Crippen LogP) is 2.95. The molecule has 2 rings (SSSR count). The Kier molecular flexibility index (Phi) is 3.85. The fraction of sp³-hybridized carbons (Fsp3) is 0.286. The highest BCUT2D eigenvalue weighted by Crippen LogP contribution is 2.30. The number of esters is 1. The van der Waals surface area contributed by atoms with E-state index in [2.05, 4.69) is 10.3 Å². The first-order chi connectivity index (χ1) is 9.08. The van der Waals surface area contributed by atoms with E-state index in [9.17, 15) is 4.79 Å². The molecule has 2 aromatic rings. The molecule has 0 bridgehead atoms. The summed E-state index contributed by atoms with van der Waals surface area (Å²) in [5.41, 5.74) is 0.981. The number of para-hydroxylation sites is 1. The van der Waals surface area contributed by atoms with Crippen LogP contribution in [-0.2, 0) is 15.1 Å². The summed E-state index contributed by atoms with van der Waals surface area (Å²) >= 11 is 1.42. The minimum Gasteiger partial charge on any atom is -0.467 e. The van der Waals surface area contributed by atoms with Gasteiger partial charge >= 0.3 is 5.97 Å². The smallest absolute Gasteiger partial charge is 0.338 e. The second-order valence-corrected chi connectivity index (χ2v) is 5.29. The number of thiazole rings is 1. The third-order valence-electron chi connectivity index (χ3n) is 2.98. The Bertz CT molecular complexity index is 569. The van der Waals surface area contributed by atoms with E-state index >= 15 is 0 Å². The van der Waals surface area contributed by atoms with Gasteiger partial charge in [-0.3, -0.25) is 0 Å². The van der Waals surface area contributed by atoms with E-state index in [0.29, 0.717) is 5.01 Å². The average molecular weight is 276 g/mol. The second kappa shape index (κ2) is 5.40. The number of aromatic nitrogens is 1. The Balaban J connectivity index is 2.40. The van der Waals surface area contributed by atoms with E-state index in [-0.39, 0.29) is 5.97 Å². The highest BCUT2D eigenvalue weighted by Gasteiger charge is 2.39. The van der Waals surface area contributed by atoms with Crippen LogP contribution in [0.3, 0.4) is 0 Å². The van der Waals surface area contributed by atoms with Crippen LogP contribution in [0.1, 0.15) is 17.5 Å². The lowest BCUT2D eigenvalue weighted by Crippen LogP contribution is -2.41. The Morgan fingerprint density at radius 1 is 1.42 bits per heavy atom. The van der Waals surface area contributed by atoms with Crippen molar-refractivity contribution >= 4 is 23.0 Å². The number of hydrogen-bond donors (Lipinski definition) is 1. The molecule has 1 aromatic carbocycles. The lowest BCUT2D eigenvalue weighted by atomic mass is 10.0. The first-order valence-electron chi connectivity index (χ1n) is 5.90. The maximum Gasteiger partial charge on any atom is 0.338 e. The topological polar surface area (TPSA) is 51.2 Å². The van der Waals surface area contributed by atoms with Gasteiger partial charge in [0.15, 0.2) is 5.54 Å². The zero-order chi connectivity index (χ0) is 13.9. The van der Waals surface area contributed by atoms with Crippen LogP contribution in [0, 0.1) is 6.92 Å². The molecule has 1 unspecified atom stereocenters. The molecule has 0 saturated heterocycles. The van der Waals surface area contributed by atoms with Gasteiger partial charge in [0.1, 0.15) is 5.01 Å². The van der Waals surface area contributed by atoms with Crippen LogP contribution in [0.15, 0.2) is 35.8 Å².